The number of halogens is 1. The van der Waals surface area contributed by atoms with Crippen LogP contribution in [0.2, 0.25) is 5.02 Å². The molecule has 3 aromatic carbocycles. The topological polar surface area (TPSA) is 85.7 Å². The molecule has 4 aromatic rings. The molecule has 0 bridgehead atoms. The molecule has 0 saturated carbocycles. The Bertz CT molecular complexity index is 1570. The maximum atomic E-state index is 13.9. The fraction of sp³-hybridized carbons (Fsp3) is 0.281. The number of aromatic nitrogens is 2. The Balaban J connectivity index is 1.52. The lowest BCUT2D eigenvalue weighted by Gasteiger charge is -2.24. The lowest BCUT2D eigenvalue weighted by atomic mass is 9.99. The molecule has 1 fully saturated rings. The van der Waals surface area contributed by atoms with Gasteiger partial charge in [-0.25, -0.2) is 4.68 Å². The SMILES string of the molecule is COc1ccc(-n2nc(-c3ccccc3)c3c2N(CC(=O)NCC2CCCO2)C(=O)CSC3c2ccccc2Cl)cc1. The summed E-state index contributed by atoms with van der Waals surface area (Å²) in [7, 11) is 1.61. The van der Waals surface area contributed by atoms with E-state index in [0.29, 0.717) is 29.7 Å². The van der Waals surface area contributed by atoms with Crippen molar-refractivity contribution < 1.29 is 19.1 Å². The first-order valence-corrected chi connectivity index (χ1v) is 15.3. The Morgan fingerprint density at radius 1 is 1.10 bits per heavy atom. The number of benzene rings is 3. The average Bonchev–Trinajstić information content (AvgIpc) is 3.66. The fourth-order valence-electron chi connectivity index (χ4n) is 5.40. The number of carbonyl (C=O) groups is 2. The second-order valence-electron chi connectivity index (χ2n) is 10.2. The molecule has 2 amide bonds. The van der Waals surface area contributed by atoms with Crippen LogP contribution < -0.4 is 15.0 Å². The Labute approximate surface area is 253 Å². The molecule has 2 aliphatic rings. The van der Waals surface area contributed by atoms with Gasteiger partial charge in [-0.15, -0.1) is 11.8 Å². The van der Waals surface area contributed by atoms with E-state index >= 15 is 0 Å². The summed E-state index contributed by atoms with van der Waals surface area (Å²) in [5.74, 6) is 0.977. The van der Waals surface area contributed by atoms with E-state index in [1.54, 1.807) is 16.7 Å². The molecule has 1 aromatic heterocycles. The van der Waals surface area contributed by atoms with Crippen LogP contribution in [0.1, 0.15) is 29.2 Å². The zero-order valence-electron chi connectivity index (χ0n) is 23.2. The summed E-state index contributed by atoms with van der Waals surface area (Å²) >= 11 is 8.25. The summed E-state index contributed by atoms with van der Waals surface area (Å²) in [5.41, 5.74) is 4.06. The number of thioether (sulfide) groups is 1. The van der Waals surface area contributed by atoms with Gasteiger partial charge in [0.25, 0.3) is 0 Å². The Hall–Kier alpha value is -3.79. The number of amides is 2. The van der Waals surface area contributed by atoms with Crippen molar-refractivity contribution in [2.24, 2.45) is 0 Å². The first-order chi connectivity index (χ1) is 20.5. The lowest BCUT2D eigenvalue weighted by Crippen LogP contribution is -2.44. The first-order valence-electron chi connectivity index (χ1n) is 13.9. The number of rotatable bonds is 8. The van der Waals surface area contributed by atoms with Crippen molar-refractivity contribution in [2.45, 2.75) is 24.2 Å². The van der Waals surface area contributed by atoms with Crippen LogP contribution in [-0.4, -0.2) is 60.3 Å². The molecule has 42 heavy (non-hydrogen) atoms. The summed E-state index contributed by atoms with van der Waals surface area (Å²) < 4.78 is 12.8. The van der Waals surface area contributed by atoms with E-state index in [1.165, 1.54) is 11.8 Å². The molecule has 2 unspecified atom stereocenters. The van der Waals surface area contributed by atoms with Crippen LogP contribution in [-0.2, 0) is 14.3 Å². The van der Waals surface area contributed by atoms with Crippen LogP contribution in [0, 0.1) is 0 Å². The summed E-state index contributed by atoms with van der Waals surface area (Å²) in [6, 6.07) is 25.0. The van der Waals surface area contributed by atoms with Crippen LogP contribution in [0.15, 0.2) is 78.9 Å². The number of hydrogen-bond acceptors (Lipinski definition) is 6. The molecular formula is C32H31ClN4O4S. The minimum atomic E-state index is -0.306. The predicted octanol–water partition coefficient (Wildman–Crippen LogP) is 5.67. The van der Waals surface area contributed by atoms with Crippen LogP contribution >= 0.6 is 23.4 Å². The summed E-state index contributed by atoms with van der Waals surface area (Å²) in [5, 5.41) is 8.38. The fourth-order valence-corrected chi connectivity index (χ4v) is 6.94. The average molecular weight is 603 g/mol. The van der Waals surface area contributed by atoms with Gasteiger partial charge in [-0.05, 0) is 48.7 Å². The number of fused-ring (bicyclic) bond motifs is 1. The molecule has 216 valence electrons. The van der Waals surface area contributed by atoms with E-state index < -0.39 is 0 Å². The predicted molar refractivity (Wildman–Crippen MR) is 166 cm³/mol. The number of carbonyl (C=O) groups excluding carboxylic acids is 2. The number of nitrogens with zero attached hydrogens (tertiary/aromatic N) is 3. The normalized spacial score (nSPS) is 18.4. The third-order valence-electron chi connectivity index (χ3n) is 7.49. The van der Waals surface area contributed by atoms with Crippen molar-refractivity contribution in [3.63, 3.8) is 0 Å². The van der Waals surface area contributed by atoms with Crippen LogP contribution in [0.25, 0.3) is 16.9 Å². The standard InChI is InChI=1S/C32H31ClN4O4S/c1-40-23-15-13-22(14-16-23)37-32-29(30(35-37)21-8-3-2-4-9-21)31(25-11-5-6-12-26(25)33)42-20-28(39)36(32)19-27(38)34-18-24-10-7-17-41-24/h2-6,8-9,11-16,24,31H,7,10,17-20H2,1H3,(H,34,38). The highest BCUT2D eigenvalue weighted by Gasteiger charge is 2.38. The summed E-state index contributed by atoms with van der Waals surface area (Å²) in [4.78, 5) is 28.7. The minimum absolute atomic E-state index is 0.000912. The number of nitrogens with one attached hydrogen (secondary N) is 1. The maximum absolute atomic E-state index is 13.9. The number of hydrogen-bond donors (Lipinski definition) is 1. The van der Waals surface area contributed by atoms with Crippen LogP contribution in [0.3, 0.4) is 0 Å². The van der Waals surface area contributed by atoms with E-state index in [0.717, 1.165) is 40.9 Å². The largest absolute Gasteiger partial charge is 0.497 e. The molecular weight excluding hydrogens is 572 g/mol. The zero-order valence-corrected chi connectivity index (χ0v) is 24.7. The molecule has 0 aliphatic carbocycles. The molecule has 2 atom stereocenters. The molecule has 10 heteroatoms. The number of methoxy groups -OCH3 is 1. The van der Waals surface area contributed by atoms with E-state index in [2.05, 4.69) is 5.32 Å². The molecule has 3 heterocycles. The number of ether oxygens (including phenoxy) is 2. The third kappa shape index (κ3) is 5.77. The molecule has 2 aliphatic heterocycles. The zero-order chi connectivity index (χ0) is 29.1. The quantitative estimate of drug-likeness (QED) is 0.280. The minimum Gasteiger partial charge on any atom is -0.497 e. The van der Waals surface area contributed by atoms with E-state index in [-0.39, 0.29) is 35.5 Å². The molecule has 0 spiro atoms. The van der Waals surface area contributed by atoms with Crippen molar-refractivity contribution in [1.29, 1.82) is 0 Å². The van der Waals surface area contributed by atoms with Gasteiger partial charge in [0, 0.05) is 29.3 Å². The summed E-state index contributed by atoms with van der Waals surface area (Å²) in [6.07, 6.45) is 1.89. The monoisotopic (exact) mass is 602 g/mol. The number of anilines is 1. The van der Waals surface area contributed by atoms with Crippen molar-refractivity contribution in [3.05, 3.63) is 95.0 Å². The van der Waals surface area contributed by atoms with Gasteiger partial charge in [0.15, 0.2) is 0 Å². The van der Waals surface area contributed by atoms with Crippen molar-refractivity contribution >= 4 is 41.0 Å². The highest BCUT2D eigenvalue weighted by atomic mass is 35.5. The van der Waals surface area contributed by atoms with Gasteiger partial charge in [-0.1, -0.05) is 60.1 Å². The van der Waals surface area contributed by atoms with Gasteiger partial charge < -0.3 is 14.8 Å². The Morgan fingerprint density at radius 3 is 2.57 bits per heavy atom. The lowest BCUT2D eigenvalue weighted by molar-refractivity contribution is -0.123. The maximum Gasteiger partial charge on any atom is 0.240 e. The van der Waals surface area contributed by atoms with Gasteiger partial charge >= 0.3 is 0 Å². The van der Waals surface area contributed by atoms with Gasteiger partial charge in [0.1, 0.15) is 18.1 Å². The molecule has 1 saturated heterocycles. The highest BCUT2D eigenvalue weighted by Crippen LogP contribution is 2.49. The molecule has 6 rings (SSSR count). The van der Waals surface area contributed by atoms with Crippen LogP contribution in [0.4, 0.5) is 5.82 Å². The van der Waals surface area contributed by atoms with Crippen molar-refractivity contribution in [2.75, 3.05) is 37.5 Å². The molecule has 8 nitrogen and oxygen atoms in total. The smallest absolute Gasteiger partial charge is 0.240 e. The third-order valence-corrected chi connectivity index (χ3v) is 9.07. The van der Waals surface area contributed by atoms with Crippen LogP contribution in [0.5, 0.6) is 5.75 Å². The van der Waals surface area contributed by atoms with E-state index in [4.69, 9.17) is 26.2 Å². The van der Waals surface area contributed by atoms with Gasteiger partial charge in [0.2, 0.25) is 11.8 Å². The van der Waals surface area contributed by atoms with Gasteiger partial charge in [-0.2, -0.15) is 5.10 Å². The van der Waals surface area contributed by atoms with Gasteiger partial charge in [-0.3, -0.25) is 14.5 Å². The van der Waals surface area contributed by atoms with Crippen molar-refractivity contribution in [1.82, 2.24) is 15.1 Å². The Kier molecular flexibility index (Phi) is 8.51. The summed E-state index contributed by atoms with van der Waals surface area (Å²) in [6.45, 7) is 0.973. The highest BCUT2D eigenvalue weighted by molar-refractivity contribution is 8.00. The van der Waals surface area contributed by atoms with Gasteiger partial charge in [0.05, 0.1) is 35.6 Å². The second kappa shape index (κ2) is 12.6. The van der Waals surface area contributed by atoms with E-state index in [9.17, 15) is 9.59 Å². The first kappa shape index (κ1) is 28.3. The van der Waals surface area contributed by atoms with Crippen molar-refractivity contribution in [3.8, 4) is 22.7 Å². The molecule has 1 N–H and O–H groups in total. The van der Waals surface area contributed by atoms with E-state index in [1.807, 2.05) is 78.9 Å². The second-order valence-corrected chi connectivity index (χ2v) is 11.7. The Morgan fingerprint density at radius 2 is 1.86 bits per heavy atom. The molecule has 0 radical (unpaired) electrons.